The molecule has 12 heavy (non-hydrogen) atoms. The summed E-state index contributed by atoms with van der Waals surface area (Å²) in [5.74, 6) is 0. The lowest BCUT2D eigenvalue weighted by molar-refractivity contribution is 0.568. The van der Waals surface area contributed by atoms with E-state index in [9.17, 15) is 0 Å². The molecule has 0 atom stereocenters. The fourth-order valence-electron chi connectivity index (χ4n) is 1.10. The van der Waals surface area contributed by atoms with Crippen molar-refractivity contribution in [3.63, 3.8) is 0 Å². The zero-order valence-electron chi connectivity index (χ0n) is 6.33. The number of hydrogen-bond donors (Lipinski definition) is 0. The van der Waals surface area contributed by atoms with E-state index in [1.54, 1.807) is 12.5 Å². The minimum absolute atomic E-state index is 0.744. The van der Waals surface area contributed by atoms with Gasteiger partial charge in [-0.05, 0) is 23.8 Å². The molecule has 2 rings (SSSR count). The minimum atomic E-state index is 0.744. The molecule has 2 aromatic rings. The van der Waals surface area contributed by atoms with Crippen LogP contribution in [0.2, 0.25) is 5.02 Å². The van der Waals surface area contributed by atoms with Gasteiger partial charge in [-0.25, -0.2) is 0 Å². The summed E-state index contributed by atoms with van der Waals surface area (Å²) in [6, 6.07) is 9.59. The molecule has 0 aliphatic heterocycles. The van der Waals surface area contributed by atoms with Gasteiger partial charge in [0.2, 0.25) is 0 Å². The fraction of sp³-hybridized carbons (Fsp3) is 0. The Kier molecular flexibility index (Phi) is 1.88. The van der Waals surface area contributed by atoms with Gasteiger partial charge in [-0.15, -0.1) is 0 Å². The molecule has 0 saturated carbocycles. The third-order valence-corrected chi connectivity index (χ3v) is 1.91. The van der Waals surface area contributed by atoms with E-state index < -0.39 is 0 Å². The largest absolute Gasteiger partial charge is 0.472 e. The minimum Gasteiger partial charge on any atom is -0.472 e. The van der Waals surface area contributed by atoms with Crippen molar-refractivity contribution in [3.8, 4) is 11.1 Å². The van der Waals surface area contributed by atoms with E-state index in [2.05, 4.69) is 0 Å². The van der Waals surface area contributed by atoms with E-state index in [0.29, 0.717) is 0 Å². The lowest BCUT2D eigenvalue weighted by atomic mass is 10.1. The molecular formula is C10H7ClO. The second-order valence-corrected chi connectivity index (χ2v) is 2.96. The molecule has 60 valence electrons. The zero-order chi connectivity index (χ0) is 8.39. The first-order valence-corrected chi connectivity index (χ1v) is 4.02. The Balaban J connectivity index is 2.48. The number of rotatable bonds is 1. The number of halogens is 1. The molecule has 1 nitrogen and oxygen atoms in total. The molecule has 0 saturated heterocycles. The Hall–Kier alpha value is -1.21. The average molecular weight is 179 g/mol. The van der Waals surface area contributed by atoms with Gasteiger partial charge in [-0.1, -0.05) is 23.7 Å². The van der Waals surface area contributed by atoms with Gasteiger partial charge >= 0.3 is 0 Å². The van der Waals surface area contributed by atoms with Crippen LogP contribution in [0.25, 0.3) is 11.1 Å². The van der Waals surface area contributed by atoms with Crippen LogP contribution in [0.4, 0.5) is 0 Å². The molecular weight excluding hydrogens is 172 g/mol. The Morgan fingerprint density at radius 2 is 2.00 bits per heavy atom. The molecule has 0 aliphatic rings. The van der Waals surface area contributed by atoms with E-state index >= 15 is 0 Å². The van der Waals surface area contributed by atoms with Gasteiger partial charge in [0.1, 0.15) is 0 Å². The van der Waals surface area contributed by atoms with Crippen LogP contribution in [0.3, 0.4) is 0 Å². The van der Waals surface area contributed by atoms with Crippen molar-refractivity contribution in [2.45, 2.75) is 0 Å². The second-order valence-electron chi connectivity index (χ2n) is 2.52. The quantitative estimate of drug-likeness (QED) is 0.651. The summed E-state index contributed by atoms with van der Waals surface area (Å²) >= 11 is 5.83. The molecule has 0 spiro atoms. The van der Waals surface area contributed by atoms with E-state index in [0.717, 1.165) is 16.1 Å². The van der Waals surface area contributed by atoms with E-state index in [1.807, 2.05) is 30.3 Å². The standard InChI is InChI=1S/C10H7ClO/c11-10-3-1-2-8(6-10)9-4-5-12-7-9/h1-7H. The summed E-state index contributed by atoms with van der Waals surface area (Å²) < 4.78 is 4.97. The van der Waals surface area contributed by atoms with Gasteiger partial charge in [0.15, 0.2) is 0 Å². The Morgan fingerprint density at radius 1 is 1.08 bits per heavy atom. The van der Waals surface area contributed by atoms with Crippen molar-refractivity contribution in [1.29, 1.82) is 0 Å². The predicted octanol–water partition coefficient (Wildman–Crippen LogP) is 3.60. The first-order valence-electron chi connectivity index (χ1n) is 3.64. The number of furan rings is 1. The highest BCUT2D eigenvalue weighted by Gasteiger charge is 1.97. The summed E-state index contributed by atoms with van der Waals surface area (Å²) in [5.41, 5.74) is 2.13. The molecule has 2 heteroatoms. The van der Waals surface area contributed by atoms with E-state index in [1.165, 1.54) is 0 Å². The summed E-state index contributed by atoms with van der Waals surface area (Å²) in [6.07, 6.45) is 3.35. The Labute approximate surface area is 75.6 Å². The molecule has 0 amide bonds. The highest BCUT2D eigenvalue weighted by atomic mass is 35.5. The molecule has 0 aliphatic carbocycles. The fourth-order valence-corrected chi connectivity index (χ4v) is 1.29. The number of hydrogen-bond acceptors (Lipinski definition) is 1. The molecule has 0 radical (unpaired) electrons. The van der Waals surface area contributed by atoms with Crippen molar-refractivity contribution < 1.29 is 4.42 Å². The normalized spacial score (nSPS) is 10.1. The van der Waals surface area contributed by atoms with Gasteiger partial charge < -0.3 is 4.42 Å². The molecule has 1 aromatic heterocycles. The van der Waals surface area contributed by atoms with Crippen molar-refractivity contribution in [2.24, 2.45) is 0 Å². The lowest BCUT2D eigenvalue weighted by Crippen LogP contribution is -1.71. The van der Waals surface area contributed by atoms with Crippen LogP contribution < -0.4 is 0 Å². The molecule has 1 aromatic carbocycles. The second kappa shape index (κ2) is 3.03. The third kappa shape index (κ3) is 1.36. The molecule has 1 heterocycles. The Bertz CT molecular complexity index is 365. The summed E-state index contributed by atoms with van der Waals surface area (Å²) in [5, 5.41) is 0.744. The van der Waals surface area contributed by atoms with E-state index in [-0.39, 0.29) is 0 Å². The Morgan fingerprint density at radius 3 is 2.67 bits per heavy atom. The lowest BCUT2D eigenvalue weighted by Gasteiger charge is -1.95. The van der Waals surface area contributed by atoms with Gasteiger partial charge in [-0.2, -0.15) is 0 Å². The van der Waals surface area contributed by atoms with Crippen LogP contribution >= 0.6 is 11.6 Å². The maximum absolute atomic E-state index is 5.83. The monoisotopic (exact) mass is 178 g/mol. The van der Waals surface area contributed by atoms with Gasteiger partial charge in [-0.3, -0.25) is 0 Å². The van der Waals surface area contributed by atoms with E-state index in [4.69, 9.17) is 16.0 Å². The first kappa shape index (κ1) is 7.44. The van der Waals surface area contributed by atoms with Crippen LogP contribution in [0, 0.1) is 0 Å². The van der Waals surface area contributed by atoms with Crippen molar-refractivity contribution >= 4 is 11.6 Å². The summed E-state index contributed by atoms with van der Waals surface area (Å²) in [6.45, 7) is 0. The van der Waals surface area contributed by atoms with Crippen molar-refractivity contribution in [3.05, 3.63) is 47.9 Å². The number of benzene rings is 1. The molecule has 0 unspecified atom stereocenters. The van der Waals surface area contributed by atoms with Gasteiger partial charge in [0, 0.05) is 10.6 Å². The maximum atomic E-state index is 5.83. The molecule has 0 N–H and O–H groups in total. The van der Waals surface area contributed by atoms with Crippen LogP contribution in [0.5, 0.6) is 0 Å². The highest BCUT2D eigenvalue weighted by molar-refractivity contribution is 6.30. The highest BCUT2D eigenvalue weighted by Crippen LogP contribution is 2.22. The van der Waals surface area contributed by atoms with Crippen LogP contribution in [-0.4, -0.2) is 0 Å². The third-order valence-electron chi connectivity index (χ3n) is 1.68. The van der Waals surface area contributed by atoms with Crippen molar-refractivity contribution in [1.82, 2.24) is 0 Å². The SMILES string of the molecule is Clc1cccc(-c2ccoc2)c1. The maximum Gasteiger partial charge on any atom is 0.0980 e. The molecule has 0 bridgehead atoms. The smallest absolute Gasteiger partial charge is 0.0980 e. The summed E-state index contributed by atoms with van der Waals surface area (Å²) in [7, 11) is 0. The van der Waals surface area contributed by atoms with Crippen LogP contribution in [0.15, 0.2) is 47.3 Å². The molecule has 0 fully saturated rings. The first-order chi connectivity index (χ1) is 5.86. The van der Waals surface area contributed by atoms with Crippen molar-refractivity contribution in [2.75, 3.05) is 0 Å². The average Bonchev–Trinajstić information content (AvgIpc) is 2.56. The summed E-state index contributed by atoms with van der Waals surface area (Å²) in [4.78, 5) is 0. The zero-order valence-corrected chi connectivity index (χ0v) is 7.08. The van der Waals surface area contributed by atoms with Gasteiger partial charge in [0.25, 0.3) is 0 Å². The topological polar surface area (TPSA) is 13.1 Å². The van der Waals surface area contributed by atoms with Gasteiger partial charge in [0.05, 0.1) is 12.5 Å². The van der Waals surface area contributed by atoms with Crippen LogP contribution in [-0.2, 0) is 0 Å². The van der Waals surface area contributed by atoms with Crippen LogP contribution in [0.1, 0.15) is 0 Å². The predicted molar refractivity (Wildman–Crippen MR) is 49.2 cm³/mol.